The molecule has 1 aliphatic rings. The number of amides is 2. The highest BCUT2D eigenvalue weighted by atomic mass is 19.1. The topological polar surface area (TPSA) is 108 Å². The van der Waals surface area contributed by atoms with Gasteiger partial charge in [-0.3, -0.25) is 14.6 Å². The van der Waals surface area contributed by atoms with E-state index in [-0.39, 0.29) is 17.2 Å². The van der Waals surface area contributed by atoms with Crippen LogP contribution in [0.5, 0.6) is 0 Å². The number of carbonyl (C=O) groups excluding carboxylic acids is 2. The summed E-state index contributed by atoms with van der Waals surface area (Å²) < 4.78 is 13.7. The minimum absolute atomic E-state index is 0.0830. The van der Waals surface area contributed by atoms with Crippen LogP contribution in [-0.2, 0) is 4.79 Å². The molecule has 0 saturated heterocycles. The van der Waals surface area contributed by atoms with Gasteiger partial charge in [-0.05, 0) is 48.7 Å². The van der Waals surface area contributed by atoms with Gasteiger partial charge in [0.05, 0.1) is 11.6 Å². The number of carboxylic acids is 1. The number of benzene rings is 2. The standard InChI is InChI=1S/C25H22FN3O4/c26-20-6-1-2-7-21(20)29-25(33)28-17-11-8-15(9-12-17)16-10-13-22(27-14-16)23(30)18-4-3-5-19(18)24(31)32/h1-2,6-14,18-19H,3-5H2,(H,31,32)(H2,28,29,33)/t18-,19-/m1/s1. The van der Waals surface area contributed by atoms with E-state index in [1.54, 1.807) is 48.7 Å². The van der Waals surface area contributed by atoms with Crippen molar-refractivity contribution in [3.8, 4) is 11.1 Å². The highest BCUT2D eigenvalue weighted by Gasteiger charge is 2.38. The van der Waals surface area contributed by atoms with Crippen LogP contribution in [0.3, 0.4) is 0 Å². The number of ketones is 1. The number of hydrogen-bond donors (Lipinski definition) is 3. The third-order valence-electron chi connectivity index (χ3n) is 5.78. The van der Waals surface area contributed by atoms with E-state index in [1.165, 1.54) is 18.2 Å². The van der Waals surface area contributed by atoms with Crippen LogP contribution in [0.4, 0.5) is 20.6 Å². The lowest BCUT2D eigenvalue weighted by molar-refractivity contribution is -0.142. The smallest absolute Gasteiger partial charge is 0.323 e. The van der Waals surface area contributed by atoms with E-state index in [1.807, 2.05) is 0 Å². The molecule has 3 N–H and O–H groups in total. The van der Waals surface area contributed by atoms with Crippen LogP contribution in [0, 0.1) is 17.7 Å². The maximum Gasteiger partial charge on any atom is 0.323 e. The number of nitrogens with zero attached hydrogens (tertiary/aromatic N) is 1. The second kappa shape index (κ2) is 9.60. The number of halogens is 1. The molecule has 2 atom stereocenters. The van der Waals surface area contributed by atoms with Gasteiger partial charge < -0.3 is 15.7 Å². The summed E-state index contributed by atoms with van der Waals surface area (Å²) in [6, 6.07) is 15.7. The summed E-state index contributed by atoms with van der Waals surface area (Å²) in [4.78, 5) is 40.4. The Morgan fingerprint density at radius 3 is 2.24 bits per heavy atom. The predicted molar refractivity (Wildman–Crippen MR) is 122 cm³/mol. The zero-order chi connectivity index (χ0) is 23.4. The number of hydrogen-bond acceptors (Lipinski definition) is 4. The molecule has 0 bridgehead atoms. The molecule has 0 unspecified atom stereocenters. The first-order valence-corrected chi connectivity index (χ1v) is 10.6. The van der Waals surface area contributed by atoms with Crippen LogP contribution in [0.15, 0.2) is 66.9 Å². The molecule has 168 valence electrons. The lowest BCUT2D eigenvalue weighted by Crippen LogP contribution is -2.25. The lowest BCUT2D eigenvalue weighted by Gasteiger charge is -2.14. The van der Waals surface area contributed by atoms with Gasteiger partial charge in [0.25, 0.3) is 0 Å². The fourth-order valence-corrected chi connectivity index (χ4v) is 4.06. The second-order valence-corrected chi connectivity index (χ2v) is 7.91. The van der Waals surface area contributed by atoms with Gasteiger partial charge in [-0.15, -0.1) is 0 Å². The molecule has 3 aromatic rings. The van der Waals surface area contributed by atoms with E-state index in [9.17, 15) is 23.9 Å². The van der Waals surface area contributed by atoms with Crippen molar-refractivity contribution in [2.75, 3.05) is 10.6 Å². The Balaban J connectivity index is 1.40. The molecule has 1 fully saturated rings. The Labute approximate surface area is 189 Å². The first-order valence-electron chi connectivity index (χ1n) is 10.6. The molecule has 0 spiro atoms. The molecule has 1 aliphatic carbocycles. The number of rotatable bonds is 6. The van der Waals surface area contributed by atoms with Crippen molar-refractivity contribution in [3.05, 3.63) is 78.4 Å². The molecule has 7 nitrogen and oxygen atoms in total. The molecule has 0 radical (unpaired) electrons. The van der Waals surface area contributed by atoms with Gasteiger partial charge in [-0.1, -0.05) is 36.8 Å². The maximum atomic E-state index is 13.7. The highest BCUT2D eigenvalue weighted by Crippen LogP contribution is 2.34. The summed E-state index contributed by atoms with van der Waals surface area (Å²) >= 11 is 0. The molecule has 8 heteroatoms. The third-order valence-corrected chi connectivity index (χ3v) is 5.78. The molecule has 2 aromatic carbocycles. The summed E-state index contributed by atoms with van der Waals surface area (Å²) in [6.07, 6.45) is 3.39. The van der Waals surface area contributed by atoms with Crippen LogP contribution in [0.25, 0.3) is 11.1 Å². The number of urea groups is 1. The van der Waals surface area contributed by atoms with E-state index in [2.05, 4.69) is 15.6 Å². The molecule has 2 amide bonds. The molecule has 1 saturated carbocycles. The Bertz CT molecular complexity index is 1180. The SMILES string of the molecule is O=C(Nc1ccc(-c2ccc(C(=O)[C@@H]3CCC[C@H]3C(=O)O)nc2)cc1)Nc1ccccc1F. The molecule has 4 rings (SSSR count). The Kier molecular flexibility index (Phi) is 6.44. The monoisotopic (exact) mass is 447 g/mol. The third kappa shape index (κ3) is 5.06. The molecule has 33 heavy (non-hydrogen) atoms. The summed E-state index contributed by atoms with van der Waals surface area (Å²) in [5.41, 5.74) is 2.47. The number of carboxylic acid groups (broad SMARTS) is 1. The normalized spacial score (nSPS) is 17.4. The number of Topliss-reactive ketones (excluding diaryl/α,β-unsaturated/α-hetero) is 1. The highest BCUT2D eigenvalue weighted by molar-refractivity contribution is 6.00. The fraction of sp³-hybridized carbons (Fsp3) is 0.200. The van der Waals surface area contributed by atoms with E-state index in [0.717, 1.165) is 17.5 Å². The predicted octanol–water partition coefficient (Wildman–Crippen LogP) is 5.22. The largest absolute Gasteiger partial charge is 0.481 e. The number of para-hydroxylation sites is 1. The van der Waals surface area contributed by atoms with Gasteiger partial charge in [0.1, 0.15) is 11.5 Å². The lowest BCUT2D eigenvalue weighted by atomic mass is 9.90. The van der Waals surface area contributed by atoms with Gasteiger partial charge in [0, 0.05) is 23.4 Å². The van der Waals surface area contributed by atoms with Crippen molar-refractivity contribution in [1.82, 2.24) is 4.98 Å². The van der Waals surface area contributed by atoms with Gasteiger partial charge >= 0.3 is 12.0 Å². The van der Waals surface area contributed by atoms with E-state index in [0.29, 0.717) is 18.5 Å². The van der Waals surface area contributed by atoms with E-state index >= 15 is 0 Å². The Morgan fingerprint density at radius 1 is 0.879 bits per heavy atom. The van der Waals surface area contributed by atoms with Gasteiger partial charge in [-0.2, -0.15) is 0 Å². The van der Waals surface area contributed by atoms with Gasteiger partial charge in [-0.25, -0.2) is 9.18 Å². The van der Waals surface area contributed by atoms with E-state index < -0.39 is 29.7 Å². The van der Waals surface area contributed by atoms with Crippen LogP contribution in [-0.4, -0.2) is 27.9 Å². The van der Waals surface area contributed by atoms with Crippen LogP contribution in [0.1, 0.15) is 29.8 Å². The minimum Gasteiger partial charge on any atom is -0.481 e. The van der Waals surface area contributed by atoms with Crippen LogP contribution >= 0.6 is 0 Å². The van der Waals surface area contributed by atoms with Crippen molar-refractivity contribution in [1.29, 1.82) is 0 Å². The number of pyridine rings is 1. The summed E-state index contributed by atoms with van der Waals surface area (Å²) in [5.74, 6) is -2.86. The van der Waals surface area contributed by atoms with Gasteiger partial charge in [0.2, 0.25) is 0 Å². The van der Waals surface area contributed by atoms with Crippen molar-refractivity contribution >= 4 is 29.2 Å². The summed E-state index contributed by atoms with van der Waals surface area (Å²) in [6.45, 7) is 0. The molecular formula is C25H22FN3O4. The number of nitrogens with one attached hydrogen (secondary N) is 2. The minimum atomic E-state index is -0.932. The van der Waals surface area contributed by atoms with E-state index in [4.69, 9.17) is 0 Å². The van der Waals surface area contributed by atoms with Crippen molar-refractivity contribution < 1.29 is 23.9 Å². The average molecular weight is 447 g/mol. The first-order chi connectivity index (χ1) is 15.9. The quantitative estimate of drug-likeness (QED) is 0.449. The Morgan fingerprint density at radius 2 is 1.58 bits per heavy atom. The van der Waals surface area contributed by atoms with Gasteiger partial charge in [0.15, 0.2) is 5.78 Å². The van der Waals surface area contributed by atoms with Crippen molar-refractivity contribution in [2.45, 2.75) is 19.3 Å². The zero-order valence-electron chi connectivity index (χ0n) is 17.6. The number of anilines is 2. The van der Waals surface area contributed by atoms with Crippen LogP contribution < -0.4 is 10.6 Å². The fourth-order valence-electron chi connectivity index (χ4n) is 4.06. The number of carbonyl (C=O) groups is 3. The summed E-state index contributed by atoms with van der Waals surface area (Å²) in [7, 11) is 0. The second-order valence-electron chi connectivity index (χ2n) is 7.91. The van der Waals surface area contributed by atoms with Crippen LogP contribution in [0.2, 0.25) is 0 Å². The zero-order valence-corrected chi connectivity index (χ0v) is 17.6. The average Bonchev–Trinajstić information content (AvgIpc) is 3.31. The maximum absolute atomic E-state index is 13.7. The molecule has 0 aliphatic heterocycles. The molecule has 1 heterocycles. The number of aliphatic carboxylic acids is 1. The van der Waals surface area contributed by atoms with Crippen molar-refractivity contribution in [2.24, 2.45) is 11.8 Å². The Hall–Kier alpha value is -4.07. The first kappa shape index (κ1) is 22.1. The number of aromatic nitrogens is 1. The van der Waals surface area contributed by atoms with Crippen molar-refractivity contribution in [3.63, 3.8) is 0 Å². The molecular weight excluding hydrogens is 425 g/mol. The molecule has 1 aromatic heterocycles. The summed E-state index contributed by atoms with van der Waals surface area (Å²) in [5, 5.41) is 14.4.